The Hall–Kier alpha value is -4.54. The van der Waals surface area contributed by atoms with E-state index in [0.29, 0.717) is 24.5 Å². The number of rotatable bonds is 14. The second-order valence-electron chi connectivity index (χ2n) is 13.1. The summed E-state index contributed by atoms with van der Waals surface area (Å²) in [4.78, 5) is 13.7. The number of nitrogens with one attached hydrogen (secondary N) is 1. The van der Waals surface area contributed by atoms with Crippen molar-refractivity contribution in [3.63, 3.8) is 0 Å². The van der Waals surface area contributed by atoms with Crippen molar-refractivity contribution in [3.8, 4) is 5.75 Å². The van der Waals surface area contributed by atoms with E-state index in [9.17, 15) is 0 Å². The summed E-state index contributed by atoms with van der Waals surface area (Å²) in [7, 11) is -1.00. The van der Waals surface area contributed by atoms with Gasteiger partial charge in [0.1, 0.15) is 16.8 Å². The second-order valence-corrected chi connectivity index (χ2v) is 17.4. The maximum absolute atomic E-state index is 7.23. The van der Waals surface area contributed by atoms with Gasteiger partial charge in [-0.25, -0.2) is 4.98 Å². The summed E-state index contributed by atoms with van der Waals surface area (Å²) >= 11 is 0. The molecule has 0 spiro atoms. The Balaban J connectivity index is 1.44. The van der Waals surface area contributed by atoms with Crippen LogP contribution in [0, 0.1) is 0 Å². The number of nitrogen functional groups attached to an aromatic ring is 1. The Kier molecular flexibility index (Phi) is 10.4. The molecular weight excluding hydrogens is 603 g/mol. The molecule has 5 aromatic rings. The predicted octanol–water partition coefficient (Wildman–Crippen LogP) is 6.44. The number of aromatic nitrogens is 5. The maximum atomic E-state index is 7.23. The molecule has 0 saturated carbocycles. The van der Waals surface area contributed by atoms with E-state index in [2.05, 4.69) is 120 Å². The van der Waals surface area contributed by atoms with Crippen LogP contribution in [-0.4, -0.2) is 52.8 Å². The lowest BCUT2D eigenvalue weighted by atomic mass is 10.1. The van der Waals surface area contributed by atoms with Crippen LogP contribution in [0.4, 0.5) is 11.8 Å². The molecule has 0 saturated heterocycles. The molecule has 1 unspecified atom stereocenters. The van der Waals surface area contributed by atoms with Crippen LogP contribution >= 0.6 is 0 Å². The van der Waals surface area contributed by atoms with Crippen molar-refractivity contribution in [1.82, 2.24) is 24.7 Å². The van der Waals surface area contributed by atoms with E-state index in [4.69, 9.17) is 14.9 Å². The number of hydrogen-bond donors (Lipinski definition) is 2. The molecule has 0 aliphatic carbocycles. The number of pyridine rings is 1. The first kappa shape index (κ1) is 33.8. The van der Waals surface area contributed by atoms with Crippen molar-refractivity contribution in [1.29, 1.82) is 0 Å². The molecule has 0 amide bonds. The minimum absolute atomic E-state index is 0.0881. The number of nitrogens with two attached hydrogens (primary N) is 1. The molecule has 2 aromatic carbocycles. The summed E-state index contributed by atoms with van der Waals surface area (Å²) in [5.41, 5.74) is 10.2. The van der Waals surface area contributed by atoms with Crippen LogP contribution in [0.15, 0.2) is 85.7 Å². The number of methoxy groups -OCH3 is 1. The summed E-state index contributed by atoms with van der Waals surface area (Å²) in [5, 5.41) is 10.8. The summed E-state index contributed by atoms with van der Waals surface area (Å²) < 4.78 is 14.8. The molecule has 3 N–H and O–H groups in total. The number of allylic oxidation sites excluding steroid dienone is 1. The lowest BCUT2D eigenvalue weighted by Crippen LogP contribution is -2.66. The lowest BCUT2D eigenvalue weighted by Gasteiger charge is -2.43. The fourth-order valence-electron chi connectivity index (χ4n) is 6.35. The van der Waals surface area contributed by atoms with Crippen LogP contribution < -0.4 is 26.2 Å². The molecule has 0 aliphatic heterocycles. The number of nitrogens with zero attached hydrogens (tertiary/aromatic N) is 5. The van der Waals surface area contributed by atoms with Gasteiger partial charge < -0.3 is 20.2 Å². The quantitative estimate of drug-likeness (QED) is 0.132. The maximum Gasteiger partial charge on any atom is 0.261 e. The first-order chi connectivity index (χ1) is 22.6. The van der Waals surface area contributed by atoms with E-state index in [1.807, 2.05) is 23.9 Å². The van der Waals surface area contributed by atoms with Crippen LogP contribution in [0.2, 0.25) is 5.04 Å². The smallest absolute Gasteiger partial charge is 0.261 e. The molecule has 0 aliphatic rings. The van der Waals surface area contributed by atoms with Gasteiger partial charge >= 0.3 is 0 Å². The summed E-state index contributed by atoms with van der Waals surface area (Å²) in [5.74, 6) is 1.57. The predicted molar refractivity (Wildman–Crippen MR) is 195 cm³/mol. The molecule has 3 heterocycles. The molecule has 9 nitrogen and oxygen atoms in total. The normalized spacial score (nSPS) is 12.6. The molecule has 0 bridgehead atoms. The van der Waals surface area contributed by atoms with Crippen LogP contribution in [0.1, 0.15) is 65.1 Å². The van der Waals surface area contributed by atoms with Crippen LogP contribution in [0.5, 0.6) is 5.75 Å². The average molecular weight is 650 g/mol. The highest BCUT2D eigenvalue weighted by Gasteiger charge is 2.50. The zero-order valence-corrected chi connectivity index (χ0v) is 29.5. The van der Waals surface area contributed by atoms with Crippen molar-refractivity contribution < 1.29 is 9.16 Å². The fourth-order valence-corrected chi connectivity index (χ4v) is 10.9. The first-order valence-electron chi connectivity index (χ1n) is 16.3. The molecule has 47 heavy (non-hydrogen) atoms. The van der Waals surface area contributed by atoms with Crippen molar-refractivity contribution in [3.05, 3.63) is 97.0 Å². The van der Waals surface area contributed by atoms with Gasteiger partial charge in [0, 0.05) is 30.5 Å². The van der Waals surface area contributed by atoms with Gasteiger partial charge in [-0.2, -0.15) is 10.1 Å². The highest BCUT2D eigenvalue weighted by atomic mass is 28.4. The standard InChI is InChI=1S/C37H47N7O2Si/c1-8-15-28(20-21-46-47(37(4,5)6,29-16-11-9-12-17-29)30-18-13-10-14-19-30)41-35-34-32(42-36(38)43-35)24-40-44(34)25-27-23-39-31(26(2)3)22-33(27)45-7/h9-14,16-19,22-24,28H,2,8,15,20-21,25H2,1,3-7H3,(H3,38,41,42,43). The van der Waals surface area contributed by atoms with Crippen molar-refractivity contribution in [2.45, 2.75) is 71.5 Å². The Labute approximate surface area is 279 Å². The molecular formula is C37H47N7O2Si. The van der Waals surface area contributed by atoms with Gasteiger partial charge in [-0.1, -0.05) is 101 Å². The minimum Gasteiger partial charge on any atom is -0.496 e. The summed E-state index contributed by atoms with van der Waals surface area (Å²) in [6, 6.07) is 23.5. The number of hydrogen-bond acceptors (Lipinski definition) is 8. The largest absolute Gasteiger partial charge is 0.496 e. The topological polar surface area (TPSA) is 113 Å². The third kappa shape index (κ3) is 7.23. The number of fused-ring (bicyclic) bond motifs is 1. The first-order valence-corrected chi connectivity index (χ1v) is 18.2. The van der Waals surface area contributed by atoms with Crippen molar-refractivity contribution >= 4 is 47.1 Å². The molecule has 246 valence electrons. The zero-order chi connectivity index (χ0) is 33.6. The molecule has 10 heteroatoms. The summed E-state index contributed by atoms with van der Waals surface area (Å²) in [6.45, 7) is 16.1. The Morgan fingerprint density at radius 1 is 1.00 bits per heavy atom. The fraction of sp³-hybridized carbons (Fsp3) is 0.351. The summed E-state index contributed by atoms with van der Waals surface area (Å²) in [6.07, 6.45) is 6.25. The molecule has 0 fully saturated rings. The van der Waals surface area contributed by atoms with Crippen LogP contribution in [0.3, 0.4) is 0 Å². The van der Waals surface area contributed by atoms with E-state index < -0.39 is 8.32 Å². The number of ether oxygens (including phenoxy) is 1. The second kappa shape index (κ2) is 14.5. The third-order valence-corrected chi connectivity index (χ3v) is 13.6. The van der Waals surface area contributed by atoms with E-state index in [1.165, 1.54) is 10.4 Å². The van der Waals surface area contributed by atoms with Crippen LogP contribution in [-0.2, 0) is 11.0 Å². The van der Waals surface area contributed by atoms with Gasteiger partial charge in [0.05, 0.1) is 25.5 Å². The van der Waals surface area contributed by atoms with Gasteiger partial charge in [0.15, 0.2) is 5.82 Å². The molecule has 0 radical (unpaired) electrons. The molecule has 5 rings (SSSR count). The van der Waals surface area contributed by atoms with Gasteiger partial charge in [-0.15, -0.1) is 0 Å². The highest BCUT2D eigenvalue weighted by molar-refractivity contribution is 6.99. The number of anilines is 2. The molecule has 3 aromatic heterocycles. The van der Waals surface area contributed by atoms with Crippen LogP contribution in [0.25, 0.3) is 16.6 Å². The highest BCUT2D eigenvalue weighted by Crippen LogP contribution is 2.37. The van der Waals surface area contributed by atoms with Gasteiger partial charge in [-0.05, 0) is 40.8 Å². The van der Waals surface area contributed by atoms with Gasteiger partial charge in [0.25, 0.3) is 8.32 Å². The Morgan fingerprint density at radius 3 is 2.23 bits per heavy atom. The van der Waals surface area contributed by atoms with Crippen molar-refractivity contribution in [2.75, 3.05) is 24.8 Å². The number of benzene rings is 2. The van der Waals surface area contributed by atoms with E-state index in [0.717, 1.165) is 47.4 Å². The minimum atomic E-state index is -2.66. The van der Waals surface area contributed by atoms with Crippen molar-refractivity contribution in [2.24, 2.45) is 0 Å². The average Bonchev–Trinajstić information content (AvgIpc) is 3.45. The third-order valence-electron chi connectivity index (χ3n) is 8.61. The van der Waals surface area contributed by atoms with E-state index in [1.54, 1.807) is 13.3 Å². The Morgan fingerprint density at radius 2 is 1.66 bits per heavy atom. The van der Waals surface area contributed by atoms with Gasteiger partial charge in [0.2, 0.25) is 5.95 Å². The Bertz CT molecular complexity index is 1760. The monoisotopic (exact) mass is 649 g/mol. The van der Waals surface area contributed by atoms with E-state index >= 15 is 0 Å². The SMILES string of the molecule is C=C(C)c1cc(OC)c(Cn2ncc3nc(N)nc(NC(CCC)CCO[Si](c4ccccc4)(c4ccccc4)C(C)(C)C)c32)cn1. The van der Waals surface area contributed by atoms with E-state index in [-0.39, 0.29) is 17.0 Å². The van der Waals surface area contributed by atoms with Gasteiger partial charge in [-0.3, -0.25) is 9.67 Å². The lowest BCUT2D eigenvalue weighted by molar-refractivity contribution is 0.281. The molecule has 1 atom stereocenters. The zero-order valence-electron chi connectivity index (χ0n) is 28.5.